The number of hydrogen-bond acceptors (Lipinski definition) is 3. The third-order valence-corrected chi connectivity index (χ3v) is 12.0. The van der Waals surface area contributed by atoms with Gasteiger partial charge in [0, 0.05) is 57.2 Å². The Hall–Kier alpha value is -5.74. The molecule has 0 spiro atoms. The Labute approximate surface area is 292 Å². The fraction of sp³-hybridized carbons (Fsp3) is 0. The molecule has 2 heterocycles. The zero-order valence-electron chi connectivity index (χ0n) is 26.5. The van der Waals surface area contributed by atoms with Crippen molar-refractivity contribution in [1.29, 1.82) is 0 Å². The molecule has 0 bridgehead atoms. The molecule has 0 radical (unpaired) electrons. The lowest BCUT2D eigenvalue weighted by atomic mass is 9.97. The van der Waals surface area contributed by atoms with Crippen LogP contribution in [0.1, 0.15) is 0 Å². The smallest absolute Gasteiger partial charge is 0.0555 e. The molecule has 0 amide bonds. The van der Waals surface area contributed by atoms with Crippen LogP contribution in [0.4, 0.5) is 17.1 Å². The quantitative estimate of drug-likeness (QED) is 0.178. The van der Waals surface area contributed by atoms with Crippen LogP contribution in [0.3, 0.4) is 0 Å². The molecule has 2 aromatic heterocycles. The van der Waals surface area contributed by atoms with E-state index in [1.165, 1.54) is 79.1 Å². The van der Waals surface area contributed by atoms with Crippen LogP contribution in [-0.4, -0.2) is 0 Å². The highest BCUT2D eigenvalue weighted by molar-refractivity contribution is 7.26. The van der Waals surface area contributed by atoms with Crippen molar-refractivity contribution in [2.75, 3.05) is 4.90 Å². The lowest BCUT2D eigenvalue weighted by molar-refractivity contribution is 1.30. The molecule has 230 valence electrons. The van der Waals surface area contributed by atoms with E-state index >= 15 is 0 Å². The van der Waals surface area contributed by atoms with Crippen LogP contribution in [-0.2, 0) is 0 Å². The fourth-order valence-corrected chi connectivity index (χ4v) is 9.83. The Morgan fingerprint density at radius 1 is 0.347 bits per heavy atom. The van der Waals surface area contributed by atoms with Crippen molar-refractivity contribution < 1.29 is 0 Å². The first-order valence-electron chi connectivity index (χ1n) is 16.6. The van der Waals surface area contributed by atoms with Crippen molar-refractivity contribution in [2.45, 2.75) is 0 Å². The standard InChI is InChI=1S/C46H29NS2/c1-2-14-33-30(12-1)13-9-18-34(33)31-26-28-32(29-27-31)47(41-22-11-25-44-45(41)39-17-5-8-24-43(39)48-44)40-21-6-3-15-35(40)37-19-10-20-38-36-16-4-7-23-42(36)49-46(37)38/h1-29H. The molecule has 8 aromatic carbocycles. The molecule has 0 N–H and O–H groups in total. The highest BCUT2D eigenvalue weighted by Crippen LogP contribution is 2.49. The summed E-state index contributed by atoms with van der Waals surface area (Å²) in [5, 5.41) is 7.73. The maximum Gasteiger partial charge on any atom is 0.0555 e. The van der Waals surface area contributed by atoms with Gasteiger partial charge in [0.25, 0.3) is 0 Å². The van der Waals surface area contributed by atoms with Crippen molar-refractivity contribution in [3.05, 3.63) is 176 Å². The largest absolute Gasteiger partial charge is 0.309 e. The molecule has 0 fully saturated rings. The normalized spacial score (nSPS) is 11.7. The number of fused-ring (bicyclic) bond motifs is 7. The van der Waals surface area contributed by atoms with E-state index in [9.17, 15) is 0 Å². The highest BCUT2D eigenvalue weighted by Gasteiger charge is 2.22. The number of thiophene rings is 2. The zero-order chi connectivity index (χ0) is 32.3. The molecule has 0 unspecified atom stereocenters. The van der Waals surface area contributed by atoms with Crippen LogP contribution >= 0.6 is 22.7 Å². The predicted octanol–water partition coefficient (Wildman–Crippen LogP) is 14.4. The highest BCUT2D eigenvalue weighted by atomic mass is 32.1. The minimum Gasteiger partial charge on any atom is -0.309 e. The number of para-hydroxylation sites is 1. The van der Waals surface area contributed by atoms with Crippen LogP contribution in [0.5, 0.6) is 0 Å². The summed E-state index contributed by atoms with van der Waals surface area (Å²) in [6.45, 7) is 0. The first-order valence-corrected chi connectivity index (χ1v) is 18.2. The average Bonchev–Trinajstić information content (AvgIpc) is 3.74. The van der Waals surface area contributed by atoms with Crippen molar-refractivity contribution in [3.63, 3.8) is 0 Å². The Kier molecular flexibility index (Phi) is 6.61. The molecule has 0 aliphatic rings. The molecule has 0 saturated heterocycles. The second-order valence-corrected chi connectivity index (χ2v) is 14.6. The van der Waals surface area contributed by atoms with E-state index < -0.39 is 0 Å². The van der Waals surface area contributed by atoms with Crippen molar-refractivity contribution in [1.82, 2.24) is 0 Å². The zero-order valence-corrected chi connectivity index (χ0v) is 28.1. The second kappa shape index (κ2) is 11.5. The number of anilines is 3. The van der Waals surface area contributed by atoms with Gasteiger partial charge in [-0.15, -0.1) is 22.7 Å². The summed E-state index contributed by atoms with van der Waals surface area (Å²) in [7, 11) is 0. The second-order valence-electron chi connectivity index (χ2n) is 12.5. The van der Waals surface area contributed by atoms with Gasteiger partial charge in [0.1, 0.15) is 0 Å². The first kappa shape index (κ1) is 28.3. The van der Waals surface area contributed by atoms with Gasteiger partial charge in [0.2, 0.25) is 0 Å². The van der Waals surface area contributed by atoms with E-state index in [1.54, 1.807) is 0 Å². The molecule has 3 heteroatoms. The third-order valence-electron chi connectivity index (χ3n) is 9.69. The van der Waals surface area contributed by atoms with Gasteiger partial charge in [0.15, 0.2) is 0 Å². The maximum atomic E-state index is 2.48. The number of hydrogen-bond donors (Lipinski definition) is 0. The fourth-order valence-electron chi connectivity index (χ4n) is 7.47. The maximum absolute atomic E-state index is 2.48. The minimum atomic E-state index is 1.13. The SMILES string of the molecule is c1ccc(N(c2ccc(-c3cccc4ccccc34)cc2)c2cccc3sc4ccccc4c23)c(-c2cccc3c2sc2ccccc23)c1. The Balaban J connectivity index is 1.22. The summed E-state index contributed by atoms with van der Waals surface area (Å²) in [5.74, 6) is 0. The van der Waals surface area contributed by atoms with Gasteiger partial charge < -0.3 is 4.90 Å². The first-order chi connectivity index (χ1) is 24.3. The molecule has 0 saturated carbocycles. The molecule has 10 rings (SSSR count). The van der Waals surface area contributed by atoms with E-state index in [-0.39, 0.29) is 0 Å². The molecule has 0 aliphatic heterocycles. The van der Waals surface area contributed by atoms with E-state index in [2.05, 4.69) is 181 Å². The monoisotopic (exact) mass is 659 g/mol. The Bertz CT molecular complexity index is 2830. The topological polar surface area (TPSA) is 3.24 Å². The third kappa shape index (κ3) is 4.58. The number of rotatable bonds is 5. The van der Waals surface area contributed by atoms with Gasteiger partial charge >= 0.3 is 0 Å². The van der Waals surface area contributed by atoms with Gasteiger partial charge in [-0.3, -0.25) is 0 Å². The summed E-state index contributed by atoms with van der Waals surface area (Å²) in [4.78, 5) is 2.48. The average molecular weight is 660 g/mol. The molecular formula is C46H29NS2. The van der Waals surface area contributed by atoms with Gasteiger partial charge in [-0.2, -0.15) is 0 Å². The molecule has 1 nitrogen and oxygen atoms in total. The van der Waals surface area contributed by atoms with Crippen molar-refractivity contribution in [2.24, 2.45) is 0 Å². The van der Waals surface area contributed by atoms with E-state index in [0.29, 0.717) is 0 Å². The summed E-state index contributed by atoms with van der Waals surface area (Å²) in [6.07, 6.45) is 0. The van der Waals surface area contributed by atoms with Gasteiger partial charge in [-0.1, -0.05) is 133 Å². The predicted molar refractivity (Wildman–Crippen MR) is 215 cm³/mol. The minimum absolute atomic E-state index is 1.13. The number of nitrogens with zero attached hydrogens (tertiary/aromatic N) is 1. The van der Waals surface area contributed by atoms with Crippen LogP contribution in [0.25, 0.3) is 73.4 Å². The van der Waals surface area contributed by atoms with Crippen LogP contribution < -0.4 is 4.90 Å². The van der Waals surface area contributed by atoms with Gasteiger partial charge in [-0.05, 0) is 64.4 Å². The lowest BCUT2D eigenvalue weighted by Crippen LogP contribution is -2.11. The summed E-state index contributed by atoms with van der Waals surface area (Å²) < 4.78 is 5.24. The van der Waals surface area contributed by atoms with E-state index in [1.807, 2.05) is 22.7 Å². The molecule has 0 aliphatic carbocycles. The molecule has 49 heavy (non-hydrogen) atoms. The summed E-state index contributed by atoms with van der Waals surface area (Å²) in [5.41, 5.74) is 8.41. The van der Waals surface area contributed by atoms with Gasteiger partial charge in [-0.25, -0.2) is 0 Å². The van der Waals surface area contributed by atoms with Crippen molar-refractivity contribution >= 4 is 90.9 Å². The molecule has 0 atom stereocenters. The van der Waals surface area contributed by atoms with Crippen LogP contribution in [0.15, 0.2) is 176 Å². The molecular weight excluding hydrogens is 631 g/mol. The summed E-state index contributed by atoms with van der Waals surface area (Å²) >= 11 is 3.75. The Morgan fingerprint density at radius 2 is 0.918 bits per heavy atom. The lowest BCUT2D eigenvalue weighted by Gasteiger charge is -2.29. The van der Waals surface area contributed by atoms with E-state index in [4.69, 9.17) is 0 Å². The van der Waals surface area contributed by atoms with Crippen LogP contribution in [0, 0.1) is 0 Å². The van der Waals surface area contributed by atoms with E-state index in [0.717, 1.165) is 11.4 Å². The summed E-state index contributed by atoms with van der Waals surface area (Å²) in [6, 6.07) is 64.4. The van der Waals surface area contributed by atoms with Crippen LogP contribution in [0.2, 0.25) is 0 Å². The van der Waals surface area contributed by atoms with Crippen molar-refractivity contribution in [3.8, 4) is 22.3 Å². The Morgan fingerprint density at radius 3 is 1.80 bits per heavy atom. The van der Waals surface area contributed by atoms with Gasteiger partial charge in [0.05, 0.1) is 11.4 Å². The number of benzene rings is 8. The molecule has 10 aromatic rings.